The van der Waals surface area contributed by atoms with Crippen molar-refractivity contribution in [3.05, 3.63) is 72.3 Å². The molecule has 4 aliphatic carbocycles. The third-order valence-electron chi connectivity index (χ3n) is 13.7. The molecule has 2 aliphatic heterocycles. The molecule has 6 aliphatic rings. The van der Waals surface area contributed by atoms with Crippen molar-refractivity contribution < 1.29 is 29.0 Å². The summed E-state index contributed by atoms with van der Waals surface area (Å²) >= 11 is 0. The van der Waals surface area contributed by atoms with Gasteiger partial charge in [-0.05, 0) is 85.3 Å². The van der Waals surface area contributed by atoms with E-state index < -0.39 is 34.9 Å². The predicted octanol–water partition coefficient (Wildman–Crippen LogP) is 4.61. The van der Waals surface area contributed by atoms with E-state index in [-0.39, 0.29) is 37.0 Å². The van der Waals surface area contributed by atoms with E-state index in [9.17, 15) is 24.3 Å². The van der Waals surface area contributed by atoms with Crippen LogP contribution in [0.15, 0.2) is 66.7 Å². The first-order valence-corrected chi connectivity index (χ1v) is 19.4. The number of rotatable bonds is 9. The highest BCUT2D eigenvalue weighted by atomic mass is 16.5. The molecule has 3 amide bonds. The van der Waals surface area contributed by atoms with Gasteiger partial charge in [0, 0.05) is 51.0 Å². The second-order valence-corrected chi connectivity index (χ2v) is 16.8. The summed E-state index contributed by atoms with van der Waals surface area (Å²) in [6.45, 7) is 6.21. The molecule has 10 heteroatoms. The fourth-order valence-corrected chi connectivity index (χ4v) is 11.0. The molecule has 0 aromatic heterocycles. The zero-order valence-corrected chi connectivity index (χ0v) is 31.1. The molecule has 2 N–H and O–H groups in total. The number of hydrogen-bond donors (Lipinski definition) is 2. The lowest BCUT2D eigenvalue weighted by molar-refractivity contribution is -0.182. The van der Waals surface area contributed by atoms with Gasteiger partial charge in [-0.15, -0.1) is 0 Å². The molecule has 3 aromatic carbocycles. The molecular weight excluding hydrogens is 668 g/mol. The van der Waals surface area contributed by atoms with E-state index in [0.717, 1.165) is 53.5 Å². The molecule has 0 radical (unpaired) electrons. The lowest BCUT2D eigenvalue weighted by atomic mass is 9.40. The van der Waals surface area contributed by atoms with E-state index in [1.165, 1.54) is 0 Å². The SMILES string of the molecule is COc1ccccc1N1CCN(C(=O)C(Cc2ccc3ccccc3c2)NC(=O)C2C[C@@H](O)CN2C(=O)C23CC4CC(C(C)=O)(CC(C2)C4C)C3)CC1. The Labute approximate surface area is 311 Å². The number of para-hydroxylation sites is 2. The van der Waals surface area contributed by atoms with Crippen LogP contribution in [-0.4, -0.2) is 96.4 Å². The third kappa shape index (κ3) is 6.36. The quantitative estimate of drug-likeness (QED) is 0.332. The van der Waals surface area contributed by atoms with Gasteiger partial charge in [-0.2, -0.15) is 0 Å². The Morgan fingerprint density at radius 1 is 0.887 bits per heavy atom. The number of carbonyl (C=O) groups is 4. The van der Waals surface area contributed by atoms with Gasteiger partial charge in [-0.1, -0.05) is 61.5 Å². The van der Waals surface area contributed by atoms with Crippen LogP contribution in [-0.2, 0) is 25.6 Å². The van der Waals surface area contributed by atoms with E-state index in [2.05, 4.69) is 23.2 Å². The Morgan fingerprint density at radius 2 is 1.55 bits per heavy atom. The smallest absolute Gasteiger partial charge is 0.245 e. The predicted molar refractivity (Wildman–Crippen MR) is 202 cm³/mol. The van der Waals surface area contributed by atoms with Crippen molar-refractivity contribution in [1.82, 2.24) is 15.1 Å². The van der Waals surface area contributed by atoms with Gasteiger partial charge in [-0.25, -0.2) is 0 Å². The highest BCUT2D eigenvalue weighted by molar-refractivity contribution is 5.95. The van der Waals surface area contributed by atoms with E-state index in [0.29, 0.717) is 50.4 Å². The zero-order chi connectivity index (χ0) is 37.1. The summed E-state index contributed by atoms with van der Waals surface area (Å²) in [6, 6.07) is 20.3. The molecule has 5 atom stereocenters. The van der Waals surface area contributed by atoms with E-state index in [1.807, 2.05) is 65.6 Å². The minimum Gasteiger partial charge on any atom is -0.495 e. The molecule has 2 heterocycles. The number of Topliss-reactive ketones (excluding diaryl/α,β-unsaturated/α-hetero) is 1. The maximum atomic E-state index is 14.7. The minimum atomic E-state index is -0.898. The van der Waals surface area contributed by atoms with Crippen molar-refractivity contribution in [2.45, 2.75) is 77.0 Å². The van der Waals surface area contributed by atoms with Crippen molar-refractivity contribution >= 4 is 40.0 Å². The van der Waals surface area contributed by atoms with Crippen LogP contribution in [0.5, 0.6) is 5.75 Å². The summed E-state index contributed by atoms with van der Waals surface area (Å²) in [5, 5.41) is 16.2. The maximum Gasteiger partial charge on any atom is 0.245 e. The molecule has 9 rings (SSSR count). The van der Waals surface area contributed by atoms with Crippen LogP contribution in [0.25, 0.3) is 10.8 Å². The summed E-state index contributed by atoms with van der Waals surface area (Å²) < 4.78 is 5.59. The number of anilines is 1. The van der Waals surface area contributed by atoms with Gasteiger partial charge in [0.2, 0.25) is 17.7 Å². The Balaban J connectivity index is 1.03. The fourth-order valence-electron chi connectivity index (χ4n) is 11.0. The van der Waals surface area contributed by atoms with E-state index >= 15 is 0 Å². The molecule has 0 spiro atoms. The highest BCUT2D eigenvalue weighted by Crippen LogP contribution is 2.67. The van der Waals surface area contributed by atoms with Crippen LogP contribution in [0.2, 0.25) is 0 Å². The van der Waals surface area contributed by atoms with E-state index in [1.54, 1.807) is 18.9 Å². The van der Waals surface area contributed by atoms with Crippen molar-refractivity contribution in [2.75, 3.05) is 44.7 Å². The average Bonchev–Trinajstić information content (AvgIpc) is 3.57. The Bertz CT molecular complexity index is 1910. The number of fused-ring (bicyclic) bond motifs is 1. The number of aliphatic hydroxyl groups is 1. The largest absolute Gasteiger partial charge is 0.495 e. The second-order valence-electron chi connectivity index (χ2n) is 16.8. The molecule has 4 saturated carbocycles. The summed E-state index contributed by atoms with van der Waals surface area (Å²) in [7, 11) is 1.66. The Morgan fingerprint density at radius 3 is 2.25 bits per heavy atom. The number of benzene rings is 3. The lowest BCUT2D eigenvalue weighted by Gasteiger charge is -2.63. The van der Waals surface area contributed by atoms with Gasteiger partial charge >= 0.3 is 0 Å². The molecule has 2 saturated heterocycles. The number of nitrogens with zero attached hydrogens (tertiary/aromatic N) is 3. The zero-order valence-electron chi connectivity index (χ0n) is 31.1. The molecule has 53 heavy (non-hydrogen) atoms. The normalized spacial score (nSPS) is 31.1. The monoisotopic (exact) mass is 720 g/mol. The molecule has 280 valence electrons. The number of nitrogens with one attached hydrogen (secondary N) is 1. The Hall–Kier alpha value is -4.44. The first-order valence-electron chi connectivity index (χ1n) is 19.4. The van der Waals surface area contributed by atoms with Gasteiger partial charge in [0.05, 0.1) is 24.3 Å². The number of ketones is 1. The first kappa shape index (κ1) is 35.6. The maximum absolute atomic E-state index is 14.7. The molecule has 6 fully saturated rings. The topological polar surface area (TPSA) is 119 Å². The third-order valence-corrected chi connectivity index (χ3v) is 13.7. The van der Waals surface area contributed by atoms with Crippen LogP contribution in [0, 0.1) is 28.6 Å². The van der Waals surface area contributed by atoms with Crippen LogP contribution in [0.3, 0.4) is 0 Å². The highest BCUT2D eigenvalue weighted by Gasteiger charge is 2.65. The van der Waals surface area contributed by atoms with Gasteiger partial charge in [0.15, 0.2) is 0 Å². The molecule has 4 bridgehead atoms. The molecule has 3 aromatic rings. The Kier molecular flexibility index (Phi) is 9.24. The average molecular weight is 721 g/mol. The van der Waals surface area contributed by atoms with Crippen LogP contribution >= 0.6 is 0 Å². The van der Waals surface area contributed by atoms with Crippen LogP contribution in [0.1, 0.15) is 57.9 Å². The van der Waals surface area contributed by atoms with Crippen molar-refractivity contribution in [3.8, 4) is 5.75 Å². The molecule has 4 unspecified atom stereocenters. The first-order chi connectivity index (χ1) is 25.5. The lowest BCUT2D eigenvalue weighted by Crippen LogP contribution is -2.63. The minimum absolute atomic E-state index is 0.0742. The number of carbonyl (C=O) groups excluding carboxylic acids is 4. The van der Waals surface area contributed by atoms with Gasteiger partial charge in [0.1, 0.15) is 23.6 Å². The fraction of sp³-hybridized carbons (Fsp3) is 0.535. The number of aliphatic hydroxyl groups excluding tert-OH is 1. The molecule has 10 nitrogen and oxygen atoms in total. The van der Waals surface area contributed by atoms with Gasteiger partial charge in [0.25, 0.3) is 0 Å². The summed E-state index contributed by atoms with van der Waals surface area (Å²) in [4.78, 5) is 62.3. The second kappa shape index (κ2) is 13.8. The summed E-state index contributed by atoms with van der Waals surface area (Å²) in [5.41, 5.74) is 0.729. The van der Waals surface area contributed by atoms with Crippen molar-refractivity contribution in [3.63, 3.8) is 0 Å². The number of amides is 3. The van der Waals surface area contributed by atoms with Crippen LogP contribution < -0.4 is 15.0 Å². The van der Waals surface area contributed by atoms with Crippen molar-refractivity contribution in [2.24, 2.45) is 28.6 Å². The summed E-state index contributed by atoms with van der Waals surface area (Å²) in [5.74, 6) is 1.34. The number of hydrogen-bond acceptors (Lipinski definition) is 7. The number of piperazine rings is 1. The number of methoxy groups -OCH3 is 1. The van der Waals surface area contributed by atoms with Crippen molar-refractivity contribution in [1.29, 1.82) is 0 Å². The standard InChI is InChI=1S/C43H52N4O6/c1-27-32-21-42(28(2)48)22-33(27)24-43(23-32,26-42)41(52)47-25-34(49)20-37(47)39(50)44-35(19-29-12-13-30-8-4-5-9-31(30)18-29)40(51)46-16-14-45(15-17-46)36-10-6-7-11-38(36)53-3/h4-13,18,27,32-35,37,49H,14-17,19-26H2,1-3H3,(H,44,50)/t27?,32?,33?,34-,35?,37?,42?,43?/m1/s1. The number of β-amino-alcohol motifs (C(OH)–C–C–N with tert-alkyl or cyclic N) is 1. The van der Waals surface area contributed by atoms with Gasteiger partial charge in [-0.3, -0.25) is 19.2 Å². The van der Waals surface area contributed by atoms with Crippen LogP contribution in [0.4, 0.5) is 5.69 Å². The molecular formula is C43H52N4O6. The van der Waals surface area contributed by atoms with Gasteiger partial charge < -0.3 is 29.9 Å². The summed E-state index contributed by atoms with van der Waals surface area (Å²) in [6.07, 6.45) is 3.22. The van der Waals surface area contributed by atoms with E-state index in [4.69, 9.17) is 4.74 Å². The number of ether oxygens (including phenoxy) is 1. The number of likely N-dealkylation sites (tertiary alicyclic amines) is 1.